The zero-order valence-corrected chi connectivity index (χ0v) is 9.76. The van der Waals surface area contributed by atoms with E-state index in [1.807, 2.05) is 37.3 Å². The van der Waals surface area contributed by atoms with Crippen molar-refractivity contribution in [1.82, 2.24) is 0 Å². The highest BCUT2D eigenvalue weighted by Crippen LogP contribution is 2.05. The summed E-state index contributed by atoms with van der Waals surface area (Å²) in [6.45, 7) is 1.90. The Morgan fingerprint density at radius 2 is 1.93 bits per heavy atom. The van der Waals surface area contributed by atoms with Gasteiger partial charge >= 0.3 is 0 Å². The highest BCUT2D eigenvalue weighted by atomic mass is 32.2. The SMILES string of the molecule is CCS(=O)CCCC(=O)c1ccccc1. The summed E-state index contributed by atoms with van der Waals surface area (Å²) >= 11 is 0. The van der Waals surface area contributed by atoms with Gasteiger partial charge in [-0.3, -0.25) is 9.00 Å². The first-order chi connectivity index (χ1) is 7.24. The van der Waals surface area contributed by atoms with E-state index in [2.05, 4.69) is 0 Å². The smallest absolute Gasteiger partial charge is 0.162 e. The predicted octanol–water partition coefficient (Wildman–Crippen LogP) is 2.42. The average molecular weight is 224 g/mol. The molecule has 15 heavy (non-hydrogen) atoms. The summed E-state index contributed by atoms with van der Waals surface area (Å²) in [4.78, 5) is 11.6. The number of hydrogen-bond donors (Lipinski definition) is 0. The van der Waals surface area contributed by atoms with E-state index in [1.54, 1.807) is 0 Å². The molecule has 82 valence electrons. The number of benzene rings is 1. The molecule has 0 amide bonds. The summed E-state index contributed by atoms with van der Waals surface area (Å²) in [6, 6.07) is 9.25. The van der Waals surface area contributed by atoms with Gasteiger partial charge in [0, 0.05) is 34.3 Å². The Kier molecular flexibility index (Phi) is 5.26. The van der Waals surface area contributed by atoms with Crippen molar-refractivity contribution in [3.05, 3.63) is 35.9 Å². The van der Waals surface area contributed by atoms with E-state index in [0.29, 0.717) is 24.3 Å². The van der Waals surface area contributed by atoms with Crippen molar-refractivity contribution >= 4 is 16.6 Å². The zero-order chi connectivity index (χ0) is 11.1. The van der Waals surface area contributed by atoms with Crippen molar-refractivity contribution in [2.75, 3.05) is 11.5 Å². The summed E-state index contributed by atoms with van der Waals surface area (Å²) in [5, 5.41) is 0. The number of carbonyl (C=O) groups excluding carboxylic acids is 1. The van der Waals surface area contributed by atoms with Gasteiger partial charge < -0.3 is 0 Å². The molecule has 1 unspecified atom stereocenters. The van der Waals surface area contributed by atoms with Gasteiger partial charge in [-0.25, -0.2) is 0 Å². The van der Waals surface area contributed by atoms with E-state index in [-0.39, 0.29) is 5.78 Å². The monoisotopic (exact) mass is 224 g/mol. The largest absolute Gasteiger partial charge is 0.294 e. The van der Waals surface area contributed by atoms with Gasteiger partial charge in [-0.2, -0.15) is 0 Å². The van der Waals surface area contributed by atoms with Crippen LogP contribution in [0, 0.1) is 0 Å². The van der Waals surface area contributed by atoms with Crippen LogP contribution in [0.1, 0.15) is 30.1 Å². The van der Waals surface area contributed by atoms with Crippen LogP contribution in [-0.2, 0) is 10.8 Å². The molecule has 0 bridgehead atoms. The normalized spacial score (nSPS) is 12.3. The van der Waals surface area contributed by atoms with Gasteiger partial charge in [0.2, 0.25) is 0 Å². The summed E-state index contributed by atoms with van der Waals surface area (Å²) in [5.41, 5.74) is 0.750. The maximum absolute atomic E-state index is 11.6. The first-order valence-electron chi connectivity index (χ1n) is 5.17. The standard InChI is InChI=1S/C12H16O2S/c1-2-15(14)10-6-9-12(13)11-7-4-3-5-8-11/h3-5,7-8H,2,6,9-10H2,1H3. The maximum atomic E-state index is 11.6. The minimum atomic E-state index is -0.752. The van der Waals surface area contributed by atoms with Crippen LogP contribution in [0.5, 0.6) is 0 Å². The van der Waals surface area contributed by atoms with Gasteiger partial charge in [0.1, 0.15) is 0 Å². The lowest BCUT2D eigenvalue weighted by molar-refractivity contribution is 0.0982. The fourth-order valence-electron chi connectivity index (χ4n) is 1.31. The lowest BCUT2D eigenvalue weighted by Crippen LogP contribution is -2.04. The summed E-state index contributed by atoms with van der Waals surface area (Å²) < 4.78 is 11.1. The number of carbonyl (C=O) groups is 1. The van der Waals surface area contributed by atoms with Crippen LogP contribution >= 0.6 is 0 Å². The van der Waals surface area contributed by atoms with Gasteiger partial charge in [-0.05, 0) is 6.42 Å². The molecule has 1 atom stereocenters. The molecule has 1 aromatic rings. The predicted molar refractivity (Wildman–Crippen MR) is 63.6 cm³/mol. The molecule has 0 saturated carbocycles. The molecule has 1 aromatic carbocycles. The van der Waals surface area contributed by atoms with Gasteiger partial charge in [0.25, 0.3) is 0 Å². The Hall–Kier alpha value is -0.960. The Balaban J connectivity index is 2.34. The highest BCUT2D eigenvalue weighted by Gasteiger charge is 2.05. The fraction of sp³-hybridized carbons (Fsp3) is 0.417. The van der Waals surface area contributed by atoms with Gasteiger partial charge in [-0.15, -0.1) is 0 Å². The number of Topliss-reactive ketones (excluding diaryl/α,β-unsaturated/α-hetero) is 1. The molecular formula is C12H16O2S. The van der Waals surface area contributed by atoms with Gasteiger partial charge in [-0.1, -0.05) is 37.3 Å². The third-order valence-electron chi connectivity index (χ3n) is 2.19. The molecule has 0 aliphatic carbocycles. The molecule has 0 spiro atoms. The Morgan fingerprint density at radius 3 is 2.53 bits per heavy atom. The lowest BCUT2D eigenvalue weighted by Gasteiger charge is -2.00. The average Bonchev–Trinajstić information content (AvgIpc) is 2.29. The second kappa shape index (κ2) is 6.51. The molecule has 0 aliphatic heterocycles. The van der Waals surface area contributed by atoms with E-state index >= 15 is 0 Å². The molecular weight excluding hydrogens is 208 g/mol. The molecule has 0 saturated heterocycles. The van der Waals surface area contributed by atoms with Crippen LogP contribution in [0.15, 0.2) is 30.3 Å². The zero-order valence-electron chi connectivity index (χ0n) is 8.94. The molecule has 2 nitrogen and oxygen atoms in total. The molecule has 0 aromatic heterocycles. The van der Waals surface area contributed by atoms with Gasteiger partial charge in [0.05, 0.1) is 0 Å². The second-order valence-corrected chi connectivity index (χ2v) is 5.19. The van der Waals surface area contributed by atoms with Crippen LogP contribution in [0.25, 0.3) is 0 Å². The second-order valence-electron chi connectivity index (χ2n) is 3.33. The van der Waals surface area contributed by atoms with Crippen molar-refractivity contribution in [1.29, 1.82) is 0 Å². The molecule has 0 fully saturated rings. The van der Waals surface area contributed by atoms with Crippen molar-refractivity contribution < 1.29 is 9.00 Å². The molecule has 0 heterocycles. The van der Waals surface area contributed by atoms with E-state index < -0.39 is 10.8 Å². The van der Waals surface area contributed by atoms with Crippen LogP contribution in [-0.4, -0.2) is 21.5 Å². The lowest BCUT2D eigenvalue weighted by atomic mass is 10.1. The van der Waals surface area contributed by atoms with Crippen molar-refractivity contribution in [2.45, 2.75) is 19.8 Å². The summed E-state index contributed by atoms with van der Waals surface area (Å²) in [5.74, 6) is 1.46. The minimum Gasteiger partial charge on any atom is -0.294 e. The minimum absolute atomic E-state index is 0.142. The van der Waals surface area contributed by atoms with E-state index in [0.717, 1.165) is 5.56 Å². The van der Waals surface area contributed by atoms with E-state index in [4.69, 9.17) is 0 Å². The molecule has 0 aliphatic rings. The van der Waals surface area contributed by atoms with E-state index in [1.165, 1.54) is 0 Å². The van der Waals surface area contributed by atoms with E-state index in [9.17, 15) is 9.00 Å². The number of rotatable bonds is 6. The number of ketones is 1. The molecule has 0 N–H and O–H groups in total. The van der Waals surface area contributed by atoms with Crippen LogP contribution in [0.4, 0.5) is 0 Å². The Morgan fingerprint density at radius 1 is 1.27 bits per heavy atom. The van der Waals surface area contributed by atoms with Crippen molar-refractivity contribution in [3.63, 3.8) is 0 Å². The van der Waals surface area contributed by atoms with Crippen LogP contribution in [0.2, 0.25) is 0 Å². The summed E-state index contributed by atoms with van der Waals surface area (Å²) in [6.07, 6.45) is 1.21. The Labute approximate surface area is 93.2 Å². The van der Waals surface area contributed by atoms with Crippen molar-refractivity contribution in [2.24, 2.45) is 0 Å². The fourth-order valence-corrected chi connectivity index (χ4v) is 2.06. The molecule has 0 radical (unpaired) electrons. The molecule has 1 rings (SSSR count). The maximum Gasteiger partial charge on any atom is 0.162 e. The quantitative estimate of drug-likeness (QED) is 0.695. The van der Waals surface area contributed by atoms with Crippen LogP contribution < -0.4 is 0 Å². The Bertz CT molecular complexity index is 333. The van der Waals surface area contributed by atoms with Crippen molar-refractivity contribution in [3.8, 4) is 0 Å². The highest BCUT2D eigenvalue weighted by molar-refractivity contribution is 7.84. The first-order valence-corrected chi connectivity index (χ1v) is 6.66. The van der Waals surface area contributed by atoms with Gasteiger partial charge in [0.15, 0.2) is 5.78 Å². The van der Waals surface area contributed by atoms with Crippen LogP contribution in [0.3, 0.4) is 0 Å². The number of hydrogen-bond acceptors (Lipinski definition) is 2. The first kappa shape index (κ1) is 12.1. The topological polar surface area (TPSA) is 34.1 Å². The summed E-state index contributed by atoms with van der Waals surface area (Å²) in [7, 11) is -0.752. The molecule has 3 heteroatoms. The third-order valence-corrected chi connectivity index (χ3v) is 3.58. The third kappa shape index (κ3) is 4.38.